The number of hydrogen-bond donors (Lipinski definition) is 1. The normalized spacial score (nSPS) is 10.7. The van der Waals surface area contributed by atoms with E-state index in [9.17, 15) is 18.4 Å². The summed E-state index contributed by atoms with van der Waals surface area (Å²) in [5.41, 5.74) is -0.259. The van der Waals surface area contributed by atoms with Crippen LogP contribution in [0.5, 0.6) is 0 Å². The number of benzene rings is 2. The largest absolute Gasteiger partial charge is 0.340 e. The molecular formula is C18H19F2N3O2S. The lowest BCUT2D eigenvalue weighted by atomic mass is 10.2. The zero-order chi connectivity index (χ0) is 19.1. The Bertz CT molecular complexity index is 750. The topological polar surface area (TPSA) is 52.6 Å². The molecule has 26 heavy (non-hydrogen) atoms. The fourth-order valence-electron chi connectivity index (χ4n) is 2.14. The molecule has 0 aliphatic heterocycles. The second kappa shape index (κ2) is 9.30. The molecule has 0 radical (unpaired) electrons. The summed E-state index contributed by atoms with van der Waals surface area (Å²) in [4.78, 5) is 24.8. The van der Waals surface area contributed by atoms with E-state index in [0.29, 0.717) is 18.8 Å². The van der Waals surface area contributed by atoms with E-state index in [4.69, 9.17) is 0 Å². The minimum Gasteiger partial charge on any atom is -0.273 e. The SMILES string of the molecule is CCN(CC)SN(C(=O)NC(=O)c1c(F)cccc1F)c1ccccc1. The summed E-state index contributed by atoms with van der Waals surface area (Å²) in [7, 11) is 0. The number of para-hydroxylation sites is 1. The maximum atomic E-state index is 13.8. The summed E-state index contributed by atoms with van der Waals surface area (Å²) in [5.74, 6) is -3.19. The van der Waals surface area contributed by atoms with Crippen LogP contribution in [0.3, 0.4) is 0 Å². The summed E-state index contributed by atoms with van der Waals surface area (Å²) in [6, 6.07) is 11.0. The average Bonchev–Trinajstić information content (AvgIpc) is 2.63. The molecule has 0 unspecified atom stereocenters. The van der Waals surface area contributed by atoms with Gasteiger partial charge >= 0.3 is 6.03 Å². The molecule has 0 spiro atoms. The lowest BCUT2D eigenvalue weighted by Crippen LogP contribution is -2.42. The summed E-state index contributed by atoms with van der Waals surface area (Å²) in [6.45, 7) is 5.18. The van der Waals surface area contributed by atoms with Gasteiger partial charge in [-0.3, -0.25) is 10.1 Å². The van der Waals surface area contributed by atoms with Crippen molar-refractivity contribution in [3.8, 4) is 0 Å². The predicted molar refractivity (Wildman–Crippen MR) is 98.7 cm³/mol. The van der Waals surface area contributed by atoms with Crippen LogP contribution in [0, 0.1) is 11.6 Å². The van der Waals surface area contributed by atoms with Gasteiger partial charge in [0.25, 0.3) is 5.91 Å². The van der Waals surface area contributed by atoms with Crippen molar-refractivity contribution in [1.82, 2.24) is 9.62 Å². The molecular weight excluding hydrogens is 360 g/mol. The number of nitrogens with one attached hydrogen (secondary N) is 1. The van der Waals surface area contributed by atoms with Crippen molar-refractivity contribution in [3.05, 3.63) is 65.7 Å². The van der Waals surface area contributed by atoms with E-state index < -0.39 is 29.1 Å². The summed E-state index contributed by atoms with van der Waals surface area (Å²) in [6.07, 6.45) is 0. The molecule has 3 amide bonds. The van der Waals surface area contributed by atoms with Gasteiger partial charge in [-0.2, -0.15) is 0 Å². The number of urea groups is 1. The van der Waals surface area contributed by atoms with Crippen molar-refractivity contribution in [2.75, 3.05) is 17.4 Å². The number of amides is 3. The zero-order valence-electron chi connectivity index (χ0n) is 14.4. The van der Waals surface area contributed by atoms with Gasteiger partial charge in [0.2, 0.25) is 0 Å². The highest BCUT2D eigenvalue weighted by molar-refractivity contribution is 7.99. The first kappa shape index (κ1) is 19.9. The maximum absolute atomic E-state index is 13.8. The molecule has 0 aromatic heterocycles. The van der Waals surface area contributed by atoms with Crippen LogP contribution in [0.25, 0.3) is 0 Å². The Morgan fingerprint density at radius 2 is 1.54 bits per heavy atom. The molecule has 0 aliphatic rings. The molecule has 1 N–H and O–H groups in total. The van der Waals surface area contributed by atoms with Gasteiger partial charge in [-0.15, -0.1) is 0 Å². The van der Waals surface area contributed by atoms with Gasteiger partial charge in [0.15, 0.2) is 0 Å². The molecule has 2 aromatic rings. The molecule has 0 fully saturated rings. The Hall–Kier alpha value is -2.45. The second-order valence-electron chi connectivity index (χ2n) is 5.18. The minimum atomic E-state index is -1.13. The number of carbonyl (C=O) groups is 2. The van der Waals surface area contributed by atoms with Crippen molar-refractivity contribution in [1.29, 1.82) is 0 Å². The first-order chi connectivity index (χ1) is 12.5. The van der Waals surface area contributed by atoms with E-state index in [1.807, 2.05) is 18.2 Å². The van der Waals surface area contributed by atoms with Crippen molar-refractivity contribution < 1.29 is 18.4 Å². The van der Waals surface area contributed by atoms with Gasteiger partial charge in [-0.1, -0.05) is 38.1 Å². The third kappa shape index (κ3) is 4.80. The fourth-order valence-corrected chi connectivity index (χ4v) is 2.94. The molecule has 5 nitrogen and oxygen atoms in total. The van der Waals surface area contributed by atoms with Gasteiger partial charge in [0, 0.05) is 25.2 Å². The van der Waals surface area contributed by atoms with Crippen molar-refractivity contribution in [2.45, 2.75) is 13.8 Å². The molecule has 0 saturated carbocycles. The van der Waals surface area contributed by atoms with Crippen LogP contribution in [0.2, 0.25) is 0 Å². The first-order valence-electron chi connectivity index (χ1n) is 8.05. The first-order valence-corrected chi connectivity index (χ1v) is 8.78. The zero-order valence-corrected chi connectivity index (χ0v) is 15.2. The van der Waals surface area contributed by atoms with Crippen LogP contribution < -0.4 is 9.62 Å². The third-order valence-corrected chi connectivity index (χ3v) is 4.78. The molecule has 138 valence electrons. The van der Waals surface area contributed by atoms with E-state index in [0.717, 1.165) is 30.3 Å². The van der Waals surface area contributed by atoms with Gasteiger partial charge in [0.1, 0.15) is 17.2 Å². The minimum absolute atomic E-state index is 0.531. The van der Waals surface area contributed by atoms with E-state index in [2.05, 4.69) is 5.32 Å². The molecule has 2 rings (SSSR count). The Morgan fingerprint density at radius 3 is 2.08 bits per heavy atom. The molecule has 8 heteroatoms. The van der Waals surface area contributed by atoms with Crippen LogP contribution in [-0.4, -0.2) is 29.3 Å². The second-order valence-corrected chi connectivity index (χ2v) is 6.23. The van der Waals surface area contributed by atoms with Gasteiger partial charge in [-0.05, 0) is 24.3 Å². The van der Waals surface area contributed by atoms with Crippen molar-refractivity contribution in [3.63, 3.8) is 0 Å². The monoisotopic (exact) mass is 379 g/mol. The van der Waals surface area contributed by atoms with Gasteiger partial charge in [-0.25, -0.2) is 22.2 Å². The number of imide groups is 1. The van der Waals surface area contributed by atoms with Crippen LogP contribution in [0.1, 0.15) is 24.2 Å². The number of nitrogens with zero attached hydrogens (tertiary/aromatic N) is 2. The number of rotatable bonds is 6. The highest BCUT2D eigenvalue weighted by atomic mass is 32.2. The van der Waals surface area contributed by atoms with E-state index in [1.54, 1.807) is 30.3 Å². The number of carbonyl (C=O) groups excluding carboxylic acids is 2. The number of halogens is 2. The Morgan fingerprint density at radius 1 is 0.962 bits per heavy atom. The van der Waals surface area contributed by atoms with E-state index >= 15 is 0 Å². The fraction of sp³-hybridized carbons (Fsp3) is 0.222. The lowest BCUT2D eigenvalue weighted by Gasteiger charge is -2.26. The molecule has 0 aliphatic carbocycles. The van der Waals surface area contributed by atoms with Crippen molar-refractivity contribution >= 4 is 29.8 Å². The van der Waals surface area contributed by atoms with Crippen LogP contribution in [0.4, 0.5) is 19.3 Å². The number of anilines is 1. The Balaban J connectivity index is 2.25. The maximum Gasteiger partial charge on any atom is 0.340 e. The van der Waals surface area contributed by atoms with Crippen LogP contribution in [-0.2, 0) is 0 Å². The highest BCUT2D eigenvalue weighted by Crippen LogP contribution is 2.25. The van der Waals surface area contributed by atoms with E-state index in [-0.39, 0.29) is 0 Å². The summed E-state index contributed by atoms with van der Waals surface area (Å²) < 4.78 is 30.7. The summed E-state index contributed by atoms with van der Waals surface area (Å²) >= 11 is 1.11. The molecule has 0 bridgehead atoms. The smallest absolute Gasteiger partial charge is 0.273 e. The standard InChI is InChI=1S/C18H19F2N3O2S/c1-3-22(4-2)26-23(13-9-6-5-7-10-13)18(25)21-17(24)16-14(19)11-8-12-15(16)20/h5-12H,3-4H2,1-2H3,(H,21,24,25). The molecule has 0 atom stereocenters. The lowest BCUT2D eigenvalue weighted by molar-refractivity contribution is 0.0958. The molecule has 2 aromatic carbocycles. The van der Waals surface area contributed by atoms with Crippen molar-refractivity contribution in [2.24, 2.45) is 0 Å². The third-order valence-electron chi connectivity index (χ3n) is 3.49. The summed E-state index contributed by atoms with van der Waals surface area (Å²) in [5, 5.41) is 2.05. The Labute approximate surface area is 155 Å². The molecule has 0 heterocycles. The van der Waals surface area contributed by atoms with Gasteiger partial charge in [0.05, 0.1) is 5.69 Å². The van der Waals surface area contributed by atoms with Crippen LogP contribution in [0.15, 0.2) is 48.5 Å². The number of hydrogen-bond acceptors (Lipinski definition) is 4. The van der Waals surface area contributed by atoms with Crippen LogP contribution >= 0.6 is 12.1 Å². The van der Waals surface area contributed by atoms with E-state index in [1.165, 1.54) is 4.31 Å². The molecule has 0 saturated heterocycles. The van der Waals surface area contributed by atoms with Gasteiger partial charge < -0.3 is 0 Å². The predicted octanol–water partition coefficient (Wildman–Crippen LogP) is 4.23. The average molecular weight is 379 g/mol. The Kier molecular flexibility index (Phi) is 7.11. The highest BCUT2D eigenvalue weighted by Gasteiger charge is 2.25. The quantitative estimate of drug-likeness (QED) is 0.764.